The molecule has 0 unspecified atom stereocenters. The van der Waals surface area contributed by atoms with Crippen molar-refractivity contribution in [3.8, 4) is 11.6 Å². The second-order valence-corrected chi connectivity index (χ2v) is 7.19. The van der Waals surface area contributed by atoms with Crippen LogP contribution in [0.5, 0.6) is 11.6 Å². The maximum absolute atomic E-state index is 6.15. The summed E-state index contributed by atoms with van der Waals surface area (Å²) in [6.07, 6.45) is 5.39. The van der Waals surface area contributed by atoms with Crippen LogP contribution in [0.4, 0.5) is 5.95 Å². The van der Waals surface area contributed by atoms with Crippen molar-refractivity contribution in [3.05, 3.63) is 36.3 Å². The third-order valence-electron chi connectivity index (χ3n) is 5.07. The van der Waals surface area contributed by atoms with E-state index in [0.717, 1.165) is 57.3 Å². The summed E-state index contributed by atoms with van der Waals surface area (Å²) < 4.78 is 12.0. The van der Waals surface area contributed by atoms with E-state index in [-0.39, 0.29) is 5.60 Å². The van der Waals surface area contributed by atoms with Gasteiger partial charge in [-0.2, -0.15) is 4.98 Å². The highest BCUT2D eigenvalue weighted by Crippen LogP contribution is 2.31. The van der Waals surface area contributed by atoms with E-state index in [4.69, 9.17) is 9.47 Å². The van der Waals surface area contributed by atoms with E-state index in [1.54, 1.807) is 12.4 Å². The Morgan fingerprint density at radius 2 is 2.04 bits per heavy atom. The molecule has 7 heteroatoms. The number of pyridine rings is 1. The zero-order valence-electron chi connectivity index (χ0n) is 15.4. The summed E-state index contributed by atoms with van der Waals surface area (Å²) in [6, 6.07) is 5.56. The first kappa shape index (κ1) is 17.2. The van der Waals surface area contributed by atoms with Crippen LogP contribution in [0.25, 0.3) is 0 Å². The SMILES string of the molecule is Cc1cc(Oc2cccnc2)nc(N2CCC3(CC2)CN(C)CCO3)n1. The lowest BCUT2D eigenvalue weighted by Crippen LogP contribution is -2.56. The van der Waals surface area contributed by atoms with Crippen LogP contribution in [0.15, 0.2) is 30.6 Å². The Morgan fingerprint density at radius 3 is 2.77 bits per heavy atom. The molecule has 7 nitrogen and oxygen atoms in total. The number of ether oxygens (including phenoxy) is 2. The van der Waals surface area contributed by atoms with Gasteiger partial charge in [0.25, 0.3) is 0 Å². The monoisotopic (exact) mass is 355 g/mol. The first-order chi connectivity index (χ1) is 12.6. The zero-order valence-corrected chi connectivity index (χ0v) is 15.4. The standard InChI is InChI=1S/C19H25N5O2/c1-15-12-17(26-16-4-3-7-20-13-16)22-18(21-15)24-8-5-19(6-9-24)14-23(2)10-11-25-19/h3-4,7,12-13H,5-6,8-11,14H2,1-2H3. The first-order valence-corrected chi connectivity index (χ1v) is 9.13. The molecule has 2 aromatic rings. The Bertz CT molecular complexity index is 747. The van der Waals surface area contributed by atoms with E-state index in [2.05, 4.69) is 31.8 Å². The van der Waals surface area contributed by atoms with Crippen LogP contribution in [-0.4, -0.2) is 65.3 Å². The summed E-state index contributed by atoms with van der Waals surface area (Å²) in [5.41, 5.74) is 0.880. The molecule has 0 saturated carbocycles. The van der Waals surface area contributed by atoms with Gasteiger partial charge in [-0.1, -0.05) is 0 Å². The fourth-order valence-electron chi connectivity index (χ4n) is 3.70. The molecule has 4 rings (SSSR count). The Kier molecular flexibility index (Phi) is 4.74. The van der Waals surface area contributed by atoms with Gasteiger partial charge in [-0.05, 0) is 38.9 Å². The van der Waals surface area contributed by atoms with Gasteiger partial charge >= 0.3 is 0 Å². The maximum Gasteiger partial charge on any atom is 0.228 e. The second-order valence-electron chi connectivity index (χ2n) is 7.19. The molecule has 2 aromatic heterocycles. The number of rotatable bonds is 3. The molecule has 0 N–H and O–H groups in total. The van der Waals surface area contributed by atoms with Crippen LogP contribution in [0.3, 0.4) is 0 Å². The van der Waals surface area contributed by atoms with Crippen molar-refractivity contribution < 1.29 is 9.47 Å². The van der Waals surface area contributed by atoms with Crippen LogP contribution in [0.2, 0.25) is 0 Å². The molecule has 0 atom stereocenters. The van der Waals surface area contributed by atoms with Crippen LogP contribution in [0, 0.1) is 6.92 Å². The molecule has 0 aromatic carbocycles. The van der Waals surface area contributed by atoms with Gasteiger partial charge in [0.2, 0.25) is 11.8 Å². The van der Waals surface area contributed by atoms with Gasteiger partial charge in [0.1, 0.15) is 5.75 Å². The topological polar surface area (TPSA) is 63.6 Å². The van der Waals surface area contributed by atoms with Crippen LogP contribution in [0.1, 0.15) is 18.5 Å². The van der Waals surface area contributed by atoms with Crippen molar-refractivity contribution >= 4 is 5.95 Å². The van der Waals surface area contributed by atoms with Crippen LogP contribution in [-0.2, 0) is 4.74 Å². The van der Waals surface area contributed by atoms with Gasteiger partial charge in [-0.25, -0.2) is 4.98 Å². The number of hydrogen-bond donors (Lipinski definition) is 0. The molecule has 1 spiro atoms. The summed E-state index contributed by atoms with van der Waals surface area (Å²) in [6.45, 7) is 6.59. The zero-order chi connectivity index (χ0) is 18.0. The number of piperidine rings is 1. The van der Waals surface area contributed by atoms with E-state index in [9.17, 15) is 0 Å². The van der Waals surface area contributed by atoms with E-state index >= 15 is 0 Å². The minimum atomic E-state index is -0.0115. The van der Waals surface area contributed by atoms with Crippen LogP contribution >= 0.6 is 0 Å². The second kappa shape index (κ2) is 7.17. The molecule has 4 heterocycles. The van der Waals surface area contributed by atoms with Crippen molar-refractivity contribution in [2.24, 2.45) is 0 Å². The summed E-state index contributed by atoms with van der Waals surface area (Å²) >= 11 is 0. The number of hydrogen-bond acceptors (Lipinski definition) is 7. The molecule has 2 aliphatic rings. The third kappa shape index (κ3) is 3.78. The molecule has 2 fully saturated rings. The lowest BCUT2D eigenvalue weighted by molar-refractivity contribution is -0.115. The number of aryl methyl sites for hydroxylation is 1. The molecule has 2 saturated heterocycles. The van der Waals surface area contributed by atoms with Gasteiger partial charge in [0.15, 0.2) is 0 Å². The highest BCUT2D eigenvalue weighted by Gasteiger charge is 2.39. The minimum absolute atomic E-state index is 0.0115. The van der Waals surface area contributed by atoms with Gasteiger partial charge in [-0.15, -0.1) is 0 Å². The third-order valence-corrected chi connectivity index (χ3v) is 5.07. The molecule has 138 valence electrons. The van der Waals surface area contributed by atoms with E-state index in [0.29, 0.717) is 11.6 Å². The Labute approximate surface area is 154 Å². The maximum atomic E-state index is 6.15. The summed E-state index contributed by atoms with van der Waals surface area (Å²) in [5, 5.41) is 0. The summed E-state index contributed by atoms with van der Waals surface area (Å²) in [4.78, 5) is 17.9. The molecular formula is C19H25N5O2. The first-order valence-electron chi connectivity index (χ1n) is 9.13. The minimum Gasteiger partial charge on any atom is -0.437 e. The summed E-state index contributed by atoms with van der Waals surface area (Å²) in [7, 11) is 2.17. The average Bonchev–Trinajstić information content (AvgIpc) is 2.62. The van der Waals surface area contributed by atoms with Crippen molar-refractivity contribution in [1.29, 1.82) is 0 Å². The Morgan fingerprint density at radius 1 is 1.19 bits per heavy atom. The lowest BCUT2D eigenvalue weighted by Gasteiger charge is -2.46. The number of morpholine rings is 1. The Balaban J connectivity index is 1.46. The fraction of sp³-hybridized carbons (Fsp3) is 0.526. The molecular weight excluding hydrogens is 330 g/mol. The quantitative estimate of drug-likeness (QED) is 0.837. The number of nitrogens with zero attached hydrogens (tertiary/aromatic N) is 5. The number of aromatic nitrogens is 3. The largest absolute Gasteiger partial charge is 0.437 e. The average molecular weight is 355 g/mol. The molecule has 0 bridgehead atoms. The van der Waals surface area contributed by atoms with Gasteiger partial charge in [0, 0.05) is 44.1 Å². The number of likely N-dealkylation sites (N-methyl/N-ethyl adjacent to an activating group) is 1. The van der Waals surface area contributed by atoms with E-state index < -0.39 is 0 Å². The predicted molar refractivity (Wildman–Crippen MR) is 98.7 cm³/mol. The summed E-state index contributed by atoms with van der Waals surface area (Å²) in [5.74, 6) is 1.95. The molecule has 0 aliphatic carbocycles. The van der Waals surface area contributed by atoms with Crippen molar-refractivity contribution in [2.75, 3.05) is 44.7 Å². The van der Waals surface area contributed by atoms with E-state index in [1.807, 2.05) is 25.1 Å². The highest BCUT2D eigenvalue weighted by molar-refractivity contribution is 5.36. The molecule has 0 amide bonds. The van der Waals surface area contributed by atoms with Crippen molar-refractivity contribution in [3.63, 3.8) is 0 Å². The highest BCUT2D eigenvalue weighted by atomic mass is 16.5. The predicted octanol–water partition coefficient (Wildman–Crippen LogP) is 2.27. The van der Waals surface area contributed by atoms with Gasteiger partial charge < -0.3 is 19.3 Å². The van der Waals surface area contributed by atoms with Crippen LogP contribution < -0.4 is 9.64 Å². The number of anilines is 1. The normalized spacial score (nSPS) is 20.3. The van der Waals surface area contributed by atoms with Crippen molar-refractivity contribution in [2.45, 2.75) is 25.4 Å². The fourth-order valence-corrected chi connectivity index (χ4v) is 3.70. The molecule has 2 aliphatic heterocycles. The van der Waals surface area contributed by atoms with Crippen molar-refractivity contribution in [1.82, 2.24) is 19.9 Å². The lowest BCUT2D eigenvalue weighted by atomic mass is 9.89. The smallest absolute Gasteiger partial charge is 0.228 e. The van der Waals surface area contributed by atoms with E-state index in [1.165, 1.54) is 0 Å². The Hall–Kier alpha value is -2.25. The van der Waals surface area contributed by atoms with Gasteiger partial charge in [-0.3, -0.25) is 4.98 Å². The molecule has 26 heavy (non-hydrogen) atoms. The molecule has 0 radical (unpaired) electrons. The van der Waals surface area contributed by atoms with Gasteiger partial charge in [0.05, 0.1) is 18.4 Å².